The Balaban J connectivity index is 1.30. The van der Waals surface area contributed by atoms with Crippen LogP contribution < -0.4 is 16.0 Å². The van der Waals surface area contributed by atoms with E-state index in [1.807, 2.05) is 47.4 Å². The zero-order valence-electron chi connectivity index (χ0n) is 22.8. The molecule has 0 saturated carbocycles. The molecule has 0 spiro atoms. The Morgan fingerprint density at radius 2 is 1.61 bits per heavy atom. The number of anilines is 1. The van der Waals surface area contributed by atoms with E-state index in [1.165, 1.54) is 22.5 Å². The van der Waals surface area contributed by atoms with E-state index in [-0.39, 0.29) is 23.9 Å². The van der Waals surface area contributed by atoms with Crippen molar-refractivity contribution < 1.29 is 9.59 Å². The van der Waals surface area contributed by atoms with Gasteiger partial charge in [-0.15, -0.1) is 0 Å². The van der Waals surface area contributed by atoms with E-state index >= 15 is 0 Å². The maximum atomic E-state index is 13.6. The molecule has 1 saturated heterocycles. The van der Waals surface area contributed by atoms with Gasteiger partial charge in [-0.3, -0.25) is 10.1 Å². The van der Waals surface area contributed by atoms with Crippen molar-refractivity contribution in [2.45, 2.75) is 31.2 Å². The zero-order chi connectivity index (χ0) is 28.4. The van der Waals surface area contributed by atoms with Crippen LogP contribution in [0, 0.1) is 0 Å². The molecule has 9 heteroatoms. The molecule has 3 N–H and O–H groups in total. The molecule has 5 rings (SSSR count). The number of thiazole rings is 1. The zero-order valence-corrected chi connectivity index (χ0v) is 24.3. The summed E-state index contributed by atoms with van der Waals surface area (Å²) in [6, 6.07) is 30.5. The van der Waals surface area contributed by atoms with Gasteiger partial charge in [-0.05, 0) is 24.0 Å². The third-order valence-electron chi connectivity index (χ3n) is 7.31. The fraction of sp³-hybridized carbons (Fsp3) is 0.281. The number of hydrogen-bond acceptors (Lipinski definition) is 5. The maximum Gasteiger partial charge on any atom is 0.323 e. The minimum absolute atomic E-state index is 0.0916. The molecule has 4 aromatic rings. The fourth-order valence-corrected chi connectivity index (χ4v) is 6.18. The highest BCUT2D eigenvalue weighted by Crippen LogP contribution is 2.35. The Hall–Kier alpha value is -3.72. The molecule has 1 aromatic heterocycles. The summed E-state index contributed by atoms with van der Waals surface area (Å²) in [4.78, 5) is 31.6. The number of rotatable bonds is 11. The molecule has 1 aliphatic heterocycles. The average Bonchev–Trinajstić information content (AvgIpc) is 3.38. The molecule has 212 valence electrons. The molecule has 0 bridgehead atoms. The lowest BCUT2D eigenvalue weighted by Gasteiger charge is -2.28. The lowest BCUT2D eigenvalue weighted by atomic mass is 9.88. The number of halogens is 1. The summed E-state index contributed by atoms with van der Waals surface area (Å²) in [5.74, 6) is 0.238. The molecule has 2 heterocycles. The van der Waals surface area contributed by atoms with Crippen molar-refractivity contribution >= 4 is 40.0 Å². The molecule has 0 radical (unpaired) electrons. The molecule has 3 amide bonds. The lowest BCUT2D eigenvalue weighted by molar-refractivity contribution is -0.122. The van der Waals surface area contributed by atoms with Crippen LogP contribution in [0.15, 0.2) is 91.0 Å². The third-order valence-corrected chi connectivity index (χ3v) is 8.48. The van der Waals surface area contributed by atoms with Gasteiger partial charge in [0.05, 0.1) is 0 Å². The number of carbonyl (C=O) groups excluding carboxylic acids is 2. The third kappa shape index (κ3) is 7.94. The smallest absolute Gasteiger partial charge is 0.323 e. The van der Waals surface area contributed by atoms with Crippen LogP contribution in [-0.2, 0) is 4.79 Å². The van der Waals surface area contributed by atoms with Crippen LogP contribution in [0.5, 0.6) is 0 Å². The summed E-state index contributed by atoms with van der Waals surface area (Å²) in [6.45, 7) is 2.28. The summed E-state index contributed by atoms with van der Waals surface area (Å²) in [7, 11) is 0. The van der Waals surface area contributed by atoms with E-state index in [1.54, 1.807) is 0 Å². The molecule has 3 aromatic carbocycles. The first-order valence-electron chi connectivity index (χ1n) is 13.9. The van der Waals surface area contributed by atoms with Gasteiger partial charge in [-0.25, -0.2) is 9.78 Å². The second-order valence-corrected chi connectivity index (χ2v) is 11.7. The van der Waals surface area contributed by atoms with Crippen LogP contribution >= 0.6 is 22.9 Å². The van der Waals surface area contributed by atoms with Gasteiger partial charge in [-0.2, -0.15) is 0 Å². The van der Waals surface area contributed by atoms with Crippen molar-refractivity contribution in [3.63, 3.8) is 0 Å². The summed E-state index contributed by atoms with van der Waals surface area (Å²) >= 11 is 7.77. The van der Waals surface area contributed by atoms with E-state index < -0.39 is 0 Å². The standard InChI is InChI=1S/C32H34ClN5O2S/c33-30-29(25-14-8-3-9-15-25)36-31(41-30)37-32(40)38(21-19-34-26-16-17-28(39)35-22-26)20-18-27(23-10-4-1-5-11-23)24-12-6-2-7-13-24/h1-15,26-27,34H,16-22H2,(H,35,39)(H,36,37,40)/t26-/m1/s1. The average molecular weight is 588 g/mol. The van der Waals surface area contributed by atoms with Crippen molar-refractivity contribution in [3.8, 4) is 11.3 Å². The summed E-state index contributed by atoms with van der Waals surface area (Å²) < 4.78 is 0.535. The number of piperidine rings is 1. The monoisotopic (exact) mass is 587 g/mol. The Morgan fingerprint density at radius 1 is 0.976 bits per heavy atom. The van der Waals surface area contributed by atoms with Crippen LogP contribution in [0.3, 0.4) is 0 Å². The van der Waals surface area contributed by atoms with Crippen LogP contribution in [0.25, 0.3) is 11.3 Å². The Labute approximate surface area is 250 Å². The molecule has 1 fully saturated rings. The number of aromatic nitrogens is 1. The molecule has 1 atom stereocenters. The molecule has 0 aliphatic carbocycles. The fourth-order valence-electron chi connectivity index (χ4n) is 5.11. The molecular weight excluding hydrogens is 554 g/mol. The molecule has 7 nitrogen and oxygen atoms in total. The first kappa shape index (κ1) is 28.8. The van der Waals surface area contributed by atoms with Gasteiger partial charge in [0.2, 0.25) is 5.91 Å². The van der Waals surface area contributed by atoms with Gasteiger partial charge in [0.15, 0.2) is 5.13 Å². The largest absolute Gasteiger partial charge is 0.355 e. The van der Waals surface area contributed by atoms with Crippen molar-refractivity contribution in [1.29, 1.82) is 0 Å². The van der Waals surface area contributed by atoms with E-state index in [4.69, 9.17) is 11.6 Å². The summed E-state index contributed by atoms with van der Waals surface area (Å²) in [6.07, 6.45) is 2.07. The van der Waals surface area contributed by atoms with Crippen molar-refractivity contribution in [2.75, 3.05) is 31.5 Å². The minimum Gasteiger partial charge on any atom is -0.355 e. The minimum atomic E-state index is -0.214. The van der Waals surface area contributed by atoms with Crippen LogP contribution in [0.2, 0.25) is 4.34 Å². The highest BCUT2D eigenvalue weighted by molar-refractivity contribution is 7.20. The quantitative estimate of drug-likeness (QED) is 0.190. The van der Waals surface area contributed by atoms with Gasteiger partial charge < -0.3 is 15.5 Å². The van der Waals surface area contributed by atoms with Gasteiger partial charge >= 0.3 is 6.03 Å². The molecular formula is C32H34ClN5O2S. The van der Waals surface area contributed by atoms with Gasteiger partial charge in [0, 0.05) is 50.1 Å². The highest BCUT2D eigenvalue weighted by Gasteiger charge is 2.22. The van der Waals surface area contributed by atoms with E-state index in [0.717, 1.165) is 18.4 Å². The number of nitrogens with one attached hydrogen (secondary N) is 3. The highest BCUT2D eigenvalue weighted by atomic mass is 35.5. The van der Waals surface area contributed by atoms with E-state index in [2.05, 4.69) is 69.5 Å². The first-order chi connectivity index (χ1) is 20.1. The molecule has 1 aliphatic rings. The van der Waals surface area contributed by atoms with Crippen molar-refractivity contribution in [3.05, 3.63) is 106 Å². The number of hydrogen-bond donors (Lipinski definition) is 3. The number of nitrogens with zero attached hydrogens (tertiary/aromatic N) is 2. The second kappa shape index (κ2) is 14.3. The second-order valence-electron chi connectivity index (χ2n) is 10.1. The number of benzene rings is 3. The molecule has 41 heavy (non-hydrogen) atoms. The lowest BCUT2D eigenvalue weighted by Crippen LogP contribution is -2.48. The van der Waals surface area contributed by atoms with Gasteiger partial charge in [0.1, 0.15) is 10.0 Å². The normalized spacial score (nSPS) is 15.0. The van der Waals surface area contributed by atoms with Crippen LogP contribution in [0.1, 0.15) is 36.3 Å². The number of urea groups is 1. The van der Waals surface area contributed by atoms with Crippen molar-refractivity contribution in [2.24, 2.45) is 0 Å². The number of amides is 3. The Morgan fingerprint density at radius 3 is 2.22 bits per heavy atom. The predicted octanol–water partition coefficient (Wildman–Crippen LogP) is 6.39. The summed E-state index contributed by atoms with van der Waals surface area (Å²) in [5.41, 5.74) is 4.00. The van der Waals surface area contributed by atoms with Gasteiger partial charge in [0.25, 0.3) is 0 Å². The Bertz CT molecular complexity index is 1370. The van der Waals surface area contributed by atoms with Gasteiger partial charge in [-0.1, -0.05) is 114 Å². The predicted molar refractivity (Wildman–Crippen MR) is 167 cm³/mol. The van der Waals surface area contributed by atoms with E-state index in [0.29, 0.717) is 47.8 Å². The molecule has 0 unspecified atom stereocenters. The van der Waals surface area contributed by atoms with Crippen LogP contribution in [-0.4, -0.2) is 54.0 Å². The van der Waals surface area contributed by atoms with Crippen LogP contribution in [0.4, 0.5) is 9.93 Å². The SMILES string of the molecule is O=C1CC[C@@H](NCCN(CCC(c2ccccc2)c2ccccc2)C(=O)Nc2nc(-c3ccccc3)c(Cl)s2)CN1. The summed E-state index contributed by atoms with van der Waals surface area (Å²) in [5, 5.41) is 9.88. The Kier molecular flexibility index (Phi) is 10.0. The van der Waals surface area contributed by atoms with Crippen molar-refractivity contribution in [1.82, 2.24) is 20.5 Å². The first-order valence-corrected chi connectivity index (χ1v) is 15.1. The van der Waals surface area contributed by atoms with E-state index in [9.17, 15) is 9.59 Å². The number of carbonyl (C=O) groups is 2. The maximum absolute atomic E-state index is 13.6. The topological polar surface area (TPSA) is 86.4 Å².